The summed E-state index contributed by atoms with van der Waals surface area (Å²) in [7, 11) is 0. The van der Waals surface area contributed by atoms with Crippen molar-refractivity contribution in [1.82, 2.24) is 0 Å². The summed E-state index contributed by atoms with van der Waals surface area (Å²) in [5.74, 6) is 1.02. The molecule has 0 spiro atoms. The molecule has 0 aliphatic heterocycles. The van der Waals surface area contributed by atoms with Crippen LogP contribution in [0.5, 0.6) is 0 Å². The zero-order chi connectivity index (χ0) is 6.24. The molecule has 2 nitrogen and oxygen atoms in total. The number of rotatable bonds is 5. The maximum absolute atomic E-state index is 5.29. The summed E-state index contributed by atoms with van der Waals surface area (Å²) in [6.07, 6.45) is 4.98. The van der Waals surface area contributed by atoms with Gasteiger partial charge in [0.05, 0.1) is 0 Å². The van der Waals surface area contributed by atoms with Crippen LogP contribution in [-0.2, 0) is 0 Å². The van der Waals surface area contributed by atoms with Crippen LogP contribution < -0.4 is 5.73 Å². The molecule has 0 amide bonds. The fourth-order valence-electron chi connectivity index (χ4n) is 0.610. The number of nitrogens with two attached hydrogens (primary N) is 1. The van der Waals surface area contributed by atoms with E-state index in [0.29, 0.717) is 0 Å². The van der Waals surface area contributed by atoms with Crippen molar-refractivity contribution in [1.29, 1.82) is 0 Å². The van der Waals surface area contributed by atoms with Gasteiger partial charge in [0.25, 0.3) is 0 Å². The fraction of sp³-hybridized carbons (Fsp3) is 1.00. The Morgan fingerprint density at radius 1 is 1.00 bits per heavy atom. The van der Waals surface area contributed by atoms with E-state index in [0.717, 1.165) is 12.3 Å². The number of thiol groups is 1. The molecular formula is C6H18ClNOS. The van der Waals surface area contributed by atoms with Gasteiger partial charge in [-0.1, -0.05) is 12.8 Å². The first-order valence-corrected chi connectivity index (χ1v) is 3.86. The van der Waals surface area contributed by atoms with E-state index in [4.69, 9.17) is 5.73 Å². The third-order valence-corrected chi connectivity index (χ3v) is 1.43. The highest BCUT2D eigenvalue weighted by molar-refractivity contribution is 7.80. The predicted octanol–water partition coefficient (Wildman–Crippen LogP) is 1.03. The van der Waals surface area contributed by atoms with Crippen molar-refractivity contribution >= 4 is 25.0 Å². The minimum atomic E-state index is 0. The number of unbranched alkanes of at least 4 members (excludes halogenated alkanes) is 3. The van der Waals surface area contributed by atoms with Crippen molar-refractivity contribution in [3.8, 4) is 0 Å². The normalized spacial score (nSPS) is 7.80. The number of hydrogen-bond donors (Lipinski definition) is 2. The minimum absolute atomic E-state index is 0. The Balaban J connectivity index is -0.000000245. The van der Waals surface area contributed by atoms with E-state index in [1.165, 1.54) is 25.7 Å². The first-order valence-electron chi connectivity index (χ1n) is 3.22. The predicted molar refractivity (Wildman–Crippen MR) is 52.2 cm³/mol. The Morgan fingerprint density at radius 3 is 1.90 bits per heavy atom. The second kappa shape index (κ2) is 16.3. The molecule has 0 fully saturated rings. The lowest BCUT2D eigenvalue weighted by atomic mass is 10.2. The van der Waals surface area contributed by atoms with Crippen molar-refractivity contribution in [3.05, 3.63) is 0 Å². The molecule has 0 atom stereocenters. The van der Waals surface area contributed by atoms with Gasteiger partial charge in [0.15, 0.2) is 0 Å². The molecule has 4 N–H and O–H groups in total. The van der Waals surface area contributed by atoms with Crippen LogP contribution in [0.1, 0.15) is 25.7 Å². The molecule has 10 heavy (non-hydrogen) atoms. The van der Waals surface area contributed by atoms with Crippen LogP contribution in [0.2, 0.25) is 0 Å². The lowest BCUT2D eigenvalue weighted by Gasteiger charge is -1.93. The summed E-state index contributed by atoms with van der Waals surface area (Å²) < 4.78 is 0. The van der Waals surface area contributed by atoms with Gasteiger partial charge >= 0.3 is 0 Å². The van der Waals surface area contributed by atoms with Gasteiger partial charge in [-0.25, -0.2) is 0 Å². The van der Waals surface area contributed by atoms with Crippen LogP contribution in [-0.4, -0.2) is 17.8 Å². The molecule has 0 aromatic carbocycles. The Hall–Kier alpha value is 0.560. The Morgan fingerprint density at radius 2 is 1.50 bits per heavy atom. The van der Waals surface area contributed by atoms with Gasteiger partial charge in [-0.05, 0) is 25.1 Å². The Bertz CT molecular complexity index is 42.7. The largest absolute Gasteiger partial charge is 0.412 e. The summed E-state index contributed by atoms with van der Waals surface area (Å²) in [6.45, 7) is 0.840. The molecule has 0 bridgehead atoms. The molecule has 0 rings (SSSR count). The van der Waals surface area contributed by atoms with Crippen LogP contribution in [0.25, 0.3) is 0 Å². The maximum atomic E-state index is 5.29. The molecule has 0 aromatic rings. The van der Waals surface area contributed by atoms with Gasteiger partial charge < -0.3 is 11.2 Å². The highest BCUT2D eigenvalue weighted by Gasteiger charge is 1.83. The van der Waals surface area contributed by atoms with Crippen molar-refractivity contribution in [3.63, 3.8) is 0 Å². The average Bonchev–Trinajstić information content (AvgIpc) is 1.81. The average molecular weight is 188 g/mol. The maximum Gasteiger partial charge on any atom is -0.00773 e. The van der Waals surface area contributed by atoms with Crippen LogP contribution >= 0.6 is 25.0 Å². The van der Waals surface area contributed by atoms with Crippen LogP contribution in [0.15, 0.2) is 0 Å². The van der Waals surface area contributed by atoms with Gasteiger partial charge in [-0.2, -0.15) is 12.6 Å². The fourth-order valence-corrected chi connectivity index (χ4v) is 0.833. The molecule has 0 saturated carbocycles. The van der Waals surface area contributed by atoms with Crippen molar-refractivity contribution in [2.75, 3.05) is 12.3 Å². The lowest BCUT2D eigenvalue weighted by Crippen LogP contribution is -1.97. The van der Waals surface area contributed by atoms with E-state index in [-0.39, 0.29) is 17.9 Å². The summed E-state index contributed by atoms with van der Waals surface area (Å²) in [4.78, 5) is 0. The molecule has 4 heteroatoms. The zero-order valence-corrected chi connectivity index (χ0v) is 7.89. The van der Waals surface area contributed by atoms with Gasteiger partial charge in [0.1, 0.15) is 0 Å². The van der Waals surface area contributed by atoms with E-state index >= 15 is 0 Å². The van der Waals surface area contributed by atoms with Gasteiger partial charge in [0, 0.05) is 0 Å². The number of hydrogen-bond acceptors (Lipinski definition) is 2. The van der Waals surface area contributed by atoms with Crippen molar-refractivity contribution < 1.29 is 5.48 Å². The van der Waals surface area contributed by atoms with Crippen molar-refractivity contribution in [2.24, 2.45) is 5.73 Å². The molecule has 0 aromatic heterocycles. The first kappa shape index (κ1) is 16.9. The van der Waals surface area contributed by atoms with Gasteiger partial charge in [-0.3, -0.25) is 0 Å². The first-order chi connectivity index (χ1) is 3.91. The number of halogens is 1. The molecule has 66 valence electrons. The second-order valence-corrected chi connectivity index (χ2v) is 2.37. The zero-order valence-electron chi connectivity index (χ0n) is 6.18. The molecule has 0 saturated heterocycles. The topological polar surface area (TPSA) is 57.5 Å². The summed E-state index contributed by atoms with van der Waals surface area (Å²) in [5.41, 5.74) is 5.29. The SMILES string of the molecule is Cl.NCCCCCCS.O. The van der Waals surface area contributed by atoms with Crippen molar-refractivity contribution in [2.45, 2.75) is 25.7 Å². The van der Waals surface area contributed by atoms with Crippen LogP contribution in [0, 0.1) is 0 Å². The van der Waals surface area contributed by atoms with Crippen LogP contribution in [0.3, 0.4) is 0 Å². The van der Waals surface area contributed by atoms with Crippen LogP contribution in [0.4, 0.5) is 0 Å². The lowest BCUT2D eigenvalue weighted by molar-refractivity contribution is 0.678. The molecule has 0 radical (unpaired) electrons. The quantitative estimate of drug-likeness (QED) is 0.491. The minimum Gasteiger partial charge on any atom is -0.412 e. The Kier molecular flexibility index (Phi) is 27.5. The van der Waals surface area contributed by atoms with E-state index in [2.05, 4.69) is 12.6 Å². The smallest absolute Gasteiger partial charge is 0.00773 e. The van der Waals surface area contributed by atoms with E-state index in [9.17, 15) is 0 Å². The van der Waals surface area contributed by atoms with E-state index in [1.807, 2.05) is 0 Å². The van der Waals surface area contributed by atoms with Gasteiger partial charge in [0.2, 0.25) is 0 Å². The molecule has 0 aliphatic rings. The summed E-state index contributed by atoms with van der Waals surface area (Å²) in [6, 6.07) is 0. The summed E-state index contributed by atoms with van der Waals surface area (Å²) in [5, 5.41) is 0. The monoisotopic (exact) mass is 187 g/mol. The second-order valence-electron chi connectivity index (χ2n) is 1.93. The molecule has 0 unspecified atom stereocenters. The highest BCUT2D eigenvalue weighted by atomic mass is 35.5. The summed E-state index contributed by atoms with van der Waals surface area (Å²) >= 11 is 4.09. The molecule has 0 aliphatic carbocycles. The highest BCUT2D eigenvalue weighted by Crippen LogP contribution is 1.98. The van der Waals surface area contributed by atoms with E-state index in [1.54, 1.807) is 0 Å². The third kappa shape index (κ3) is 15.8. The molecular weight excluding hydrogens is 170 g/mol. The van der Waals surface area contributed by atoms with E-state index < -0.39 is 0 Å². The Labute approximate surface area is 74.7 Å². The van der Waals surface area contributed by atoms with Gasteiger partial charge in [-0.15, -0.1) is 12.4 Å². The molecule has 0 heterocycles. The third-order valence-electron chi connectivity index (χ3n) is 1.11. The standard InChI is InChI=1S/C6H15NS.ClH.H2O/c7-5-3-1-2-4-6-8;;/h8H,1-7H2;1H;1H2.